The number of amides is 2. The van der Waals surface area contributed by atoms with Crippen LogP contribution in [0.2, 0.25) is 0 Å². The number of thioether (sulfide) groups is 1. The van der Waals surface area contributed by atoms with Crippen molar-refractivity contribution in [3.05, 3.63) is 76.7 Å². The van der Waals surface area contributed by atoms with E-state index < -0.39 is 17.9 Å². The zero-order valence-electron chi connectivity index (χ0n) is 16.0. The summed E-state index contributed by atoms with van der Waals surface area (Å²) >= 11 is 6.47. The maximum atomic E-state index is 12.6. The average molecular weight is 441 g/mol. The predicted octanol–water partition coefficient (Wildman–Crippen LogP) is 3.09. The molecule has 2 aromatic rings. The van der Waals surface area contributed by atoms with Crippen LogP contribution < -0.4 is 5.32 Å². The van der Waals surface area contributed by atoms with Crippen molar-refractivity contribution in [1.82, 2.24) is 10.2 Å². The molecule has 0 radical (unpaired) electrons. The van der Waals surface area contributed by atoms with Gasteiger partial charge in [0, 0.05) is 19.4 Å². The highest BCUT2D eigenvalue weighted by Gasteiger charge is 2.32. The average Bonchev–Trinajstić information content (AvgIpc) is 3.00. The van der Waals surface area contributed by atoms with Crippen LogP contribution in [0.4, 0.5) is 0 Å². The smallest absolute Gasteiger partial charge is 0.326 e. The number of carbonyl (C=O) groups excluding carboxylic acids is 2. The first-order valence-electron chi connectivity index (χ1n) is 9.30. The number of aliphatic carboxylic acids is 1. The molecule has 1 aliphatic heterocycles. The number of carbonyl (C=O) groups is 3. The summed E-state index contributed by atoms with van der Waals surface area (Å²) in [7, 11) is 0. The molecule has 0 saturated carbocycles. The molecule has 2 N–H and O–H groups in total. The van der Waals surface area contributed by atoms with E-state index in [0.29, 0.717) is 9.23 Å². The van der Waals surface area contributed by atoms with Gasteiger partial charge in [-0.25, -0.2) is 4.79 Å². The highest BCUT2D eigenvalue weighted by molar-refractivity contribution is 8.26. The molecule has 1 saturated heterocycles. The van der Waals surface area contributed by atoms with Crippen molar-refractivity contribution >= 4 is 52.2 Å². The molecule has 3 rings (SSSR count). The lowest BCUT2D eigenvalue weighted by Gasteiger charge is -2.17. The second-order valence-corrected chi connectivity index (χ2v) is 8.32. The molecule has 0 bridgehead atoms. The van der Waals surface area contributed by atoms with Crippen LogP contribution in [0.25, 0.3) is 6.08 Å². The minimum atomic E-state index is -1.11. The molecule has 1 atom stereocenters. The van der Waals surface area contributed by atoms with Gasteiger partial charge in [-0.15, -0.1) is 0 Å². The van der Waals surface area contributed by atoms with Crippen molar-refractivity contribution in [1.29, 1.82) is 0 Å². The quantitative estimate of drug-likeness (QED) is 0.485. The number of rotatable bonds is 8. The van der Waals surface area contributed by atoms with Gasteiger partial charge in [-0.1, -0.05) is 84.6 Å². The van der Waals surface area contributed by atoms with Gasteiger partial charge in [-0.2, -0.15) is 0 Å². The Morgan fingerprint density at radius 3 is 2.37 bits per heavy atom. The van der Waals surface area contributed by atoms with Gasteiger partial charge in [0.05, 0.1) is 4.91 Å². The summed E-state index contributed by atoms with van der Waals surface area (Å²) < 4.78 is 0.383. The van der Waals surface area contributed by atoms with Crippen LogP contribution in [-0.2, 0) is 20.8 Å². The van der Waals surface area contributed by atoms with Crippen LogP contribution in [0.15, 0.2) is 65.6 Å². The summed E-state index contributed by atoms with van der Waals surface area (Å²) in [5.41, 5.74) is 1.70. The molecule has 0 spiro atoms. The third kappa shape index (κ3) is 5.77. The topological polar surface area (TPSA) is 86.7 Å². The number of carboxylic acids is 1. The zero-order chi connectivity index (χ0) is 21.5. The van der Waals surface area contributed by atoms with Gasteiger partial charge in [0.1, 0.15) is 10.4 Å². The number of carboxylic acid groups (broad SMARTS) is 1. The maximum Gasteiger partial charge on any atom is 0.326 e. The first kappa shape index (κ1) is 21.7. The highest BCUT2D eigenvalue weighted by atomic mass is 32.2. The molecule has 8 heteroatoms. The van der Waals surface area contributed by atoms with Gasteiger partial charge in [0.15, 0.2) is 0 Å². The van der Waals surface area contributed by atoms with E-state index in [0.717, 1.165) is 11.1 Å². The van der Waals surface area contributed by atoms with Crippen LogP contribution in [0, 0.1) is 0 Å². The van der Waals surface area contributed by atoms with Crippen molar-refractivity contribution in [2.24, 2.45) is 0 Å². The third-order valence-electron chi connectivity index (χ3n) is 4.45. The van der Waals surface area contributed by atoms with E-state index in [1.54, 1.807) is 18.2 Å². The molecule has 6 nitrogen and oxygen atoms in total. The highest BCUT2D eigenvalue weighted by Crippen LogP contribution is 2.32. The second kappa shape index (κ2) is 10.2. The standard InChI is InChI=1S/C22H20N2O4S2/c25-19(23-17(21(27)28)13-15-7-3-1-4-8-15)11-12-24-20(26)18(30-22(24)29)14-16-9-5-2-6-10-16/h1-10,14,17H,11-13H2,(H,23,25)(H,27,28)/b18-14+/t17-/m0/s1. The molecule has 154 valence electrons. The monoisotopic (exact) mass is 440 g/mol. The Bertz CT molecular complexity index is 977. The lowest BCUT2D eigenvalue weighted by Crippen LogP contribution is -2.43. The molecule has 0 unspecified atom stereocenters. The van der Waals surface area contributed by atoms with Crippen molar-refractivity contribution in [2.75, 3.05) is 6.54 Å². The molecule has 0 aliphatic carbocycles. The maximum absolute atomic E-state index is 12.6. The fourth-order valence-electron chi connectivity index (χ4n) is 2.92. The fourth-order valence-corrected chi connectivity index (χ4v) is 4.23. The Morgan fingerprint density at radius 2 is 1.73 bits per heavy atom. The van der Waals surface area contributed by atoms with E-state index in [-0.39, 0.29) is 25.3 Å². The Hall–Kier alpha value is -2.97. The zero-order valence-corrected chi connectivity index (χ0v) is 17.6. The first-order chi connectivity index (χ1) is 14.4. The predicted molar refractivity (Wildman–Crippen MR) is 121 cm³/mol. The Kier molecular flexibility index (Phi) is 7.37. The lowest BCUT2D eigenvalue weighted by molar-refractivity contribution is -0.141. The largest absolute Gasteiger partial charge is 0.480 e. The Labute approximate surface area is 184 Å². The van der Waals surface area contributed by atoms with E-state index in [2.05, 4.69) is 5.32 Å². The van der Waals surface area contributed by atoms with Crippen molar-refractivity contribution in [3.8, 4) is 0 Å². The summed E-state index contributed by atoms with van der Waals surface area (Å²) in [6.45, 7) is 0.0975. The van der Waals surface area contributed by atoms with Crippen LogP contribution >= 0.6 is 24.0 Å². The Balaban J connectivity index is 1.57. The van der Waals surface area contributed by atoms with Crippen molar-refractivity contribution < 1.29 is 19.5 Å². The first-order valence-corrected chi connectivity index (χ1v) is 10.5. The van der Waals surface area contributed by atoms with Crippen molar-refractivity contribution in [3.63, 3.8) is 0 Å². The lowest BCUT2D eigenvalue weighted by atomic mass is 10.1. The van der Waals surface area contributed by atoms with Gasteiger partial charge < -0.3 is 10.4 Å². The van der Waals surface area contributed by atoms with Gasteiger partial charge >= 0.3 is 5.97 Å². The third-order valence-corrected chi connectivity index (χ3v) is 5.83. The second-order valence-electron chi connectivity index (χ2n) is 6.64. The molecule has 1 aliphatic rings. The SMILES string of the molecule is O=C(CCN1C(=O)/C(=C\c2ccccc2)SC1=S)N[C@@H](Cc1ccccc1)C(=O)O. The van der Waals surface area contributed by atoms with E-state index in [1.165, 1.54) is 16.7 Å². The summed E-state index contributed by atoms with van der Waals surface area (Å²) in [4.78, 5) is 38.3. The molecule has 30 heavy (non-hydrogen) atoms. The van der Waals surface area contributed by atoms with Gasteiger partial charge in [0.2, 0.25) is 5.91 Å². The van der Waals surface area contributed by atoms with E-state index in [4.69, 9.17) is 12.2 Å². The fraction of sp³-hybridized carbons (Fsp3) is 0.182. The molecular formula is C22H20N2O4S2. The number of hydrogen-bond donors (Lipinski definition) is 2. The number of hydrogen-bond acceptors (Lipinski definition) is 5. The Morgan fingerprint density at radius 1 is 1.10 bits per heavy atom. The molecule has 0 aromatic heterocycles. The molecule has 2 amide bonds. The summed E-state index contributed by atoms with van der Waals surface area (Å²) in [6.07, 6.45) is 1.91. The van der Waals surface area contributed by atoms with Crippen LogP contribution in [0.1, 0.15) is 17.5 Å². The number of thiocarbonyl (C=S) groups is 1. The van der Waals surface area contributed by atoms with Crippen LogP contribution in [-0.4, -0.2) is 44.7 Å². The van der Waals surface area contributed by atoms with Gasteiger partial charge in [0.25, 0.3) is 5.91 Å². The minimum absolute atomic E-state index is 0.0381. The number of benzene rings is 2. The summed E-state index contributed by atoms with van der Waals surface area (Å²) in [5, 5.41) is 11.9. The van der Waals surface area contributed by atoms with Crippen molar-refractivity contribution in [2.45, 2.75) is 18.9 Å². The van der Waals surface area contributed by atoms with Crippen LogP contribution in [0.5, 0.6) is 0 Å². The van der Waals surface area contributed by atoms with E-state index in [1.807, 2.05) is 48.5 Å². The minimum Gasteiger partial charge on any atom is -0.480 e. The number of nitrogens with zero attached hydrogens (tertiary/aromatic N) is 1. The van der Waals surface area contributed by atoms with Gasteiger partial charge in [-0.3, -0.25) is 14.5 Å². The molecule has 1 fully saturated rings. The van der Waals surface area contributed by atoms with Gasteiger partial charge in [-0.05, 0) is 17.2 Å². The van der Waals surface area contributed by atoms with E-state index in [9.17, 15) is 19.5 Å². The molecule has 1 heterocycles. The normalized spacial score (nSPS) is 16.0. The van der Waals surface area contributed by atoms with Crippen LogP contribution in [0.3, 0.4) is 0 Å². The summed E-state index contributed by atoms with van der Waals surface area (Å²) in [5.74, 6) is -1.80. The van der Waals surface area contributed by atoms with E-state index >= 15 is 0 Å². The number of nitrogens with one attached hydrogen (secondary N) is 1. The molecular weight excluding hydrogens is 420 g/mol. The summed E-state index contributed by atoms with van der Waals surface area (Å²) in [6, 6.07) is 17.5. The molecule has 2 aromatic carbocycles.